The summed E-state index contributed by atoms with van der Waals surface area (Å²) in [5.74, 6) is -1.85. The third kappa shape index (κ3) is 6.75. The first-order chi connectivity index (χ1) is 11.5. The predicted octanol–water partition coefficient (Wildman–Crippen LogP) is 1.43. The van der Waals surface area contributed by atoms with Gasteiger partial charge in [0.05, 0.1) is 0 Å². The number of hydrogen-bond acceptors (Lipinski definition) is 8. The Bertz CT molecular complexity index is 679. The molecule has 1 atom stereocenters. The van der Waals surface area contributed by atoms with Crippen molar-refractivity contribution >= 4 is 40.1 Å². The number of carboxylic acids is 1. The van der Waals surface area contributed by atoms with E-state index in [0.29, 0.717) is 0 Å². The first-order valence-electron chi connectivity index (χ1n) is 7.14. The van der Waals surface area contributed by atoms with Gasteiger partial charge in [-0.05, 0) is 27.7 Å². The Morgan fingerprint density at radius 3 is 2.52 bits per heavy atom. The smallest absolute Gasteiger partial charge is 0.408 e. The van der Waals surface area contributed by atoms with Crippen LogP contribution < -0.4 is 10.6 Å². The van der Waals surface area contributed by atoms with Crippen molar-refractivity contribution in [1.82, 2.24) is 10.3 Å². The normalized spacial score (nSPS) is 12.9. The Labute approximate surface area is 148 Å². The lowest BCUT2D eigenvalue weighted by atomic mass is 10.2. The van der Waals surface area contributed by atoms with Gasteiger partial charge in [0.1, 0.15) is 24.4 Å². The van der Waals surface area contributed by atoms with Gasteiger partial charge < -0.3 is 25.3 Å². The average Bonchev–Trinajstić information content (AvgIpc) is 2.90. The SMILES string of the molecule is CON=C(C(=O)O)c1csc(NC(=O)[C@H](C)NC(=O)OC(C)(C)C)n1. The van der Waals surface area contributed by atoms with Crippen molar-refractivity contribution in [2.45, 2.75) is 39.3 Å². The predicted molar refractivity (Wildman–Crippen MR) is 90.8 cm³/mol. The maximum atomic E-state index is 12.1. The highest BCUT2D eigenvalue weighted by molar-refractivity contribution is 7.14. The number of aromatic nitrogens is 1. The standard InChI is InChI=1S/C14H20N4O6S/c1-7(15-13(22)24-14(2,3)4)10(19)17-12-16-8(6-25-12)9(11(20)21)18-23-5/h6-7H,1-5H3,(H,15,22)(H,20,21)(H,16,17,19)/t7-/m0/s1. The molecule has 0 spiro atoms. The molecule has 1 heterocycles. The summed E-state index contributed by atoms with van der Waals surface area (Å²) in [6.45, 7) is 6.59. The van der Waals surface area contributed by atoms with E-state index in [-0.39, 0.29) is 16.5 Å². The lowest BCUT2D eigenvalue weighted by Gasteiger charge is -2.21. The summed E-state index contributed by atoms with van der Waals surface area (Å²) in [6, 6.07) is -0.881. The minimum Gasteiger partial charge on any atom is -0.476 e. The maximum absolute atomic E-state index is 12.1. The van der Waals surface area contributed by atoms with E-state index >= 15 is 0 Å². The van der Waals surface area contributed by atoms with Crippen molar-refractivity contribution in [2.75, 3.05) is 12.4 Å². The molecule has 25 heavy (non-hydrogen) atoms. The zero-order valence-corrected chi connectivity index (χ0v) is 15.3. The minimum absolute atomic E-state index is 0.0439. The summed E-state index contributed by atoms with van der Waals surface area (Å²) in [4.78, 5) is 43.2. The number of carboxylic acid groups (broad SMARTS) is 1. The van der Waals surface area contributed by atoms with Gasteiger partial charge in [-0.1, -0.05) is 5.16 Å². The number of hydrogen-bond donors (Lipinski definition) is 3. The number of rotatable bonds is 6. The number of nitrogens with zero attached hydrogens (tertiary/aromatic N) is 2. The number of carbonyl (C=O) groups is 3. The molecule has 0 aliphatic heterocycles. The number of ether oxygens (including phenoxy) is 1. The molecule has 0 fully saturated rings. The maximum Gasteiger partial charge on any atom is 0.408 e. The number of oxime groups is 1. The highest BCUT2D eigenvalue weighted by atomic mass is 32.1. The summed E-state index contributed by atoms with van der Waals surface area (Å²) in [7, 11) is 1.21. The van der Waals surface area contributed by atoms with Crippen LogP contribution in [-0.4, -0.2) is 52.5 Å². The van der Waals surface area contributed by atoms with E-state index in [2.05, 4.69) is 25.6 Å². The van der Waals surface area contributed by atoms with Gasteiger partial charge in [0.25, 0.3) is 0 Å². The van der Waals surface area contributed by atoms with E-state index < -0.39 is 29.6 Å². The highest BCUT2D eigenvalue weighted by Gasteiger charge is 2.22. The molecule has 11 heteroatoms. The fraction of sp³-hybridized carbons (Fsp3) is 0.500. The van der Waals surface area contributed by atoms with E-state index in [1.807, 2.05) is 0 Å². The second-order valence-electron chi connectivity index (χ2n) is 5.82. The summed E-state index contributed by atoms with van der Waals surface area (Å²) in [5.41, 5.74) is -1.03. The highest BCUT2D eigenvalue weighted by Crippen LogP contribution is 2.17. The third-order valence-electron chi connectivity index (χ3n) is 2.49. The zero-order chi connectivity index (χ0) is 19.2. The van der Waals surface area contributed by atoms with Crippen LogP contribution in [0, 0.1) is 0 Å². The van der Waals surface area contributed by atoms with Crippen LogP contribution in [0.4, 0.5) is 9.93 Å². The van der Waals surface area contributed by atoms with Crippen LogP contribution in [0.1, 0.15) is 33.4 Å². The Balaban J connectivity index is 2.70. The van der Waals surface area contributed by atoms with E-state index in [1.54, 1.807) is 20.8 Å². The number of amides is 2. The molecule has 10 nitrogen and oxygen atoms in total. The monoisotopic (exact) mass is 372 g/mol. The van der Waals surface area contributed by atoms with Crippen LogP contribution in [0.5, 0.6) is 0 Å². The molecular formula is C14H20N4O6S. The molecule has 2 amide bonds. The van der Waals surface area contributed by atoms with E-state index in [1.165, 1.54) is 19.4 Å². The second kappa shape index (κ2) is 8.42. The minimum atomic E-state index is -1.31. The van der Waals surface area contributed by atoms with Crippen LogP contribution in [0.25, 0.3) is 0 Å². The fourth-order valence-corrected chi connectivity index (χ4v) is 2.19. The Kier molecular flexibility index (Phi) is 6.86. The van der Waals surface area contributed by atoms with Crippen LogP contribution in [0.3, 0.4) is 0 Å². The molecule has 0 bridgehead atoms. The third-order valence-corrected chi connectivity index (χ3v) is 3.25. The van der Waals surface area contributed by atoms with Crippen LogP contribution in [0.15, 0.2) is 10.5 Å². The molecule has 1 rings (SSSR count). The molecule has 0 aliphatic rings. The van der Waals surface area contributed by atoms with Gasteiger partial charge in [0, 0.05) is 5.38 Å². The molecule has 0 saturated heterocycles. The van der Waals surface area contributed by atoms with Gasteiger partial charge in [-0.25, -0.2) is 14.6 Å². The van der Waals surface area contributed by atoms with Gasteiger partial charge in [0.2, 0.25) is 11.6 Å². The van der Waals surface area contributed by atoms with E-state index in [4.69, 9.17) is 9.84 Å². The number of anilines is 1. The van der Waals surface area contributed by atoms with Gasteiger partial charge in [-0.15, -0.1) is 11.3 Å². The van der Waals surface area contributed by atoms with Crippen molar-refractivity contribution in [3.63, 3.8) is 0 Å². The first-order valence-corrected chi connectivity index (χ1v) is 8.02. The summed E-state index contributed by atoms with van der Waals surface area (Å²) in [6.07, 6.45) is -0.727. The number of carbonyl (C=O) groups excluding carboxylic acids is 2. The van der Waals surface area contributed by atoms with Crippen molar-refractivity contribution < 1.29 is 29.1 Å². The zero-order valence-electron chi connectivity index (χ0n) is 14.4. The van der Waals surface area contributed by atoms with Crippen LogP contribution in [-0.2, 0) is 19.2 Å². The summed E-state index contributed by atoms with van der Waals surface area (Å²) in [5, 5.41) is 18.8. The molecule has 0 saturated carbocycles. The van der Waals surface area contributed by atoms with Crippen molar-refractivity contribution in [1.29, 1.82) is 0 Å². The van der Waals surface area contributed by atoms with E-state index in [0.717, 1.165) is 11.3 Å². The number of nitrogens with one attached hydrogen (secondary N) is 2. The Morgan fingerprint density at radius 1 is 1.36 bits per heavy atom. The van der Waals surface area contributed by atoms with Crippen molar-refractivity contribution in [2.24, 2.45) is 5.16 Å². The van der Waals surface area contributed by atoms with Gasteiger partial charge >= 0.3 is 12.1 Å². The lowest BCUT2D eigenvalue weighted by Crippen LogP contribution is -2.43. The van der Waals surface area contributed by atoms with Crippen molar-refractivity contribution in [3.05, 3.63) is 11.1 Å². The van der Waals surface area contributed by atoms with Crippen molar-refractivity contribution in [3.8, 4) is 0 Å². The lowest BCUT2D eigenvalue weighted by molar-refractivity contribution is -0.129. The topological polar surface area (TPSA) is 139 Å². The van der Waals surface area contributed by atoms with E-state index in [9.17, 15) is 14.4 Å². The average molecular weight is 372 g/mol. The summed E-state index contributed by atoms with van der Waals surface area (Å²) >= 11 is 1.01. The Morgan fingerprint density at radius 2 is 2.00 bits per heavy atom. The van der Waals surface area contributed by atoms with Gasteiger partial charge in [-0.3, -0.25) is 4.79 Å². The second-order valence-corrected chi connectivity index (χ2v) is 6.68. The quantitative estimate of drug-likeness (QED) is 0.507. The van der Waals surface area contributed by atoms with Gasteiger partial charge in [0.15, 0.2) is 5.13 Å². The summed E-state index contributed by atoms with van der Waals surface area (Å²) < 4.78 is 5.06. The largest absolute Gasteiger partial charge is 0.476 e. The van der Waals surface area contributed by atoms with Crippen LogP contribution in [0.2, 0.25) is 0 Å². The molecule has 3 N–H and O–H groups in total. The molecule has 0 radical (unpaired) electrons. The first kappa shape index (κ1) is 20.4. The van der Waals surface area contributed by atoms with Crippen LogP contribution >= 0.6 is 11.3 Å². The molecular weight excluding hydrogens is 352 g/mol. The number of alkyl carbamates (subject to hydrolysis) is 1. The molecule has 0 aliphatic carbocycles. The molecule has 0 aromatic carbocycles. The molecule has 0 unspecified atom stereocenters. The Hall–Kier alpha value is -2.69. The molecule has 138 valence electrons. The number of thiazole rings is 1. The molecule has 1 aromatic heterocycles. The van der Waals surface area contributed by atoms with Gasteiger partial charge in [-0.2, -0.15) is 0 Å². The molecule has 1 aromatic rings. The number of aliphatic carboxylic acids is 1. The fourth-order valence-electron chi connectivity index (χ4n) is 1.49.